The van der Waals surface area contributed by atoms with Gasteiger partial charge in [0.1, 0.15) is 0 Å². The van der Waals surface area contributed by atoms with Gasteiger partial charge in [-0.15, -0.1) is 0 Å². The van der Waals surface area contributed by atoms with E-state index in [4.69, 9.17) is 4.55 Å². The minimum absolute atomic E-state index is 0.218. The predicted molar refractivity (Wildman–Crippen MR) is 41.8 cm³/mol. The number of rotatable bonds is 1. The molecule has 1 N–H and O–H groups in total. The molecule has 2 unspecified atom stereocenters. The molecule has 56 valence electrons. The Morgan fingerprint density at radius 2 is 2.50 bits per heavy atom. The Bertz CT molecular complexity index is 206. The molecule has 0 aromatic carbocycles. The molecule has 2 nitrogen and oxygen atoms in total. The molecular weight excluding hydrogens is 148 g/mol. The minimum Gasteiger partial charge on any atom is -0.302 e. The third-order valence-electron chi connectivity index (χ3n) is 1.57. The molecule has 0 aliphatic heterocycles. The third-order valence-corrected chi connectivity index (χ3v) is 2.52. The maximum Gasteiger partial charge on any atom is 0.182 e. The Balaban J connectivity index is 2.80. The van der Waals surface area contributed by atoms with E-state index in [1.165, 1.54) is 0 Å². The lowest BCUT2D eigenvalue weighted by Crippen LogP contribution is -2.05. The molecule has 0 aromatic rings. The lowest BCUT2D eigenvalue weighted by molar-refractivity contribution is 0.560. The van der Waals surface area contributed by atoms with E-state index in [1.807, 2.05) is 19.1 Å². The second kappa shape index (κ2) is 3.12. The van der Waals surface area contributed by atoms with E-state index in [0.29, 0.717) is 4.91 Å². The molecule has 2 atom stereocenters. The van der Waals surface area contributed by atoms with Gasteiger partial charge in [-0.2, -0.15) is 0 Å². The average Bonchev–Trinajstić information content (AvgIpc) is 1.88. The largest absolute Gasteiger partial charge is 0.302 e. The number of hydrogen-bond donors (Lipinski definition) is 1. The summed E-state index contributed by atoms with van der Waals surface area (Å²) in [7, 11) is 0. The Morgan fingerprint density at radius 3 is 2.90 bits per heavy atom. The van der Waals surface area contributed by atoms with Gasteiger partial charge < -0.3 is 4.55 Å². The van der Waals surface area contributed by atoms with Gasteiger partial charge in [-0.05, 0) is 18.4 Å². The Kier molecular flexibility index (Phi) is 2.40. The predicted octanol–water partition coefficient (Wildman–Crippen LogP) is 1.69. The quantitative estimate of drug-likeness (QED) is 0.589. The fraction of sp³-hybridized carbons (Fsp3) is 0.429. The number of allylic oxidation sites excluding steroid dienone is 4. The monoisotopic (exact) mass is 158 g/mol. The summed E-state index contributed by atoms with van der Waals surface area (Å²) in [5, 5.41) is 0. The van der Waals surface area contributed by atoms with Crippen molar-refractivity contribution in [3.8, 4) is 0 Å². The highest BCUT2D eigenvalue weighted by molar-refractivity contribution is 7.83. The Labute approximate surface area is 62.9 Å². The van der Waals surface area contributed by atoms with Gasteiger partial charge >= 0.3 is 0 Å². The summed E-state index contributed by atoms with van der Waals surface area (Å²) < 4.78 is 19.3. The van der Waals surface area contributed by atoms with E-state index in [9.17, 15) is 4.21 Å². The average molecular weight is 158 g/mol. The third kappa shape index (κ3) is 1.55. The molecule has 0 bridgehead atoms. The fourth-order valence-corrected chi connectivity index (χ4v) is 1.59. The summed E-state index contributed by atoms with van der Waals surface area (Å²) in [4.78, 5) is 0.627. The van der Waals surface area contributed by atoms with Gasteiger partial charge in [0, 0.05) is 4.91 Å². The van der Waals surface area contributed by atoms with E-state index in [-0.39, 0.29) is 5.92 Å². The smallest absolute Gasteiger partial charge is 0.182 e. The van der Waals surface area contributed by atoms with E-state index in [1.54, 1.807) is 6.08 Å². The maximum absolute atomic E-state index is 10.6. The van der Waals surface area contributed by atoms with Gasteiger partial charge in [0.2, 0.25) is 0 Å². The van der Waals surface area contributed by atoms with Crippen molar-refractivity contribution in [3.05, 3.63) is 23.1 Å². The van der Waals surface area contributed by atoms with Crippen molar-refractivity contribution in [2.24, 2.45) is 5.92 Å². The van der Waals surface area contributed by atoms with Crippen LogP contribution in [0.2, 0.25) is 0 Å². The topological polar surface area (TPSA) is 37.3 Å². The molecule has 1 rings (SSSR count). The van der Waals surface area contributed by atoms with Gasteiger partial charge in [-0.3, -0.25) is 0 Å². The highest BCUT2D eigenvalue weighted by atomic mass is 32.2. The molecule has 0 fully saturated rings. The summed E-state index contributed by atoms with van der Waals surface area (Å²) in [6.07, 6.45) is 6.41. The van der Waals surface area contributed by atoms with Crippen LogP contribution in [0.4, 0.5) is 0 Å². The van der Waals surface area contributed by atoms with Crippen molar-refractivity contribution in [2.75, 3.05) is 0 Å². The summed E-state index contributed by atoms with van der Waals surface area (Å²) in [6.45, 7) is 1.95. The van der Waals surface area contributed by atoms with Crippen molar-refractivity contribution in [3.63, 3.8) is 0 Å². The van der Waals surface area contributed by atoms with Crippen LogP contribution in [0, 0.1) is 5.92 Å². The highest BCUT2D eigenvalue weighted by Crippen LogP contribution is 2.21. The zero-order valence-corrected chi connectivity index (χ0v) is 6.60. The maximum atomic E-state index is 10.6. The SMILES string of the molecule is CC1CC=CC=C1S(=O)O. The lowest BCUT2D eigenvalue weighted by atomic mass is 10.0. The van der Waals surface area contributed by atoms with Crippen LogP contribution in [-0.2, 0) is 11.1 Å². The zero-order valence-electron chi connectivity index (χ0n) is 5.78. The van der Waals surface area contributed by atoms with E-state index < -0.39 is 11.1 Å². The summed E-state index contributed by atoms with van der Waals surface area (Å²) in [5.41, 5.74) is 0. The molecule has 0 saturated carbocycles. The second-order valence-electron chi connectivity index (χ2n) is 2.38. The molecule has 0 heterocycles. The summed E-state index contributed by atoms with van der Waals surface area (Å²) in [6, 6.07) is 0. The van der Waals surface area contributed by atoms with Crippen molar-refractivity contribution in [1.29, 1.82) is 0 Å². The van der Waals surface area contributed by atoms with Gasteiger partial charge in [0.25, 0.3) is 0 Å². The van der Waals surface area contributed by atoms with Crippen LogP contribution < -0.4 is 0 Å². The minimum atomic E-state index is -1.77. The van der Waals surface area contributed by atoms with Crippen LogP contribution in [0.1, 0.15) is 13.3 Å². The van der Waals surface area contributed by atoms with Gasteiger partial charge in [0.15, 0.2) is 11.1 Å². The van der Waals surface area contributed by atoms with Crippen LogP contribution in [0.25, 0.3) is 0 Å². The van der Waals surface area contributed by atoms with Crippen molar-refractivity contribution >= 4 is 11.1 Å². The van der Waals surface area contributed by atoms with E-state index >= 15 is 0 Å². The molecule has 10 heavy (non-hydrogen) atoms. The molecule has 0 radical (unpaired) electrons. The summed E-state index contributed by atoms with van der Waals surface area (Å²) in [5.74, 6) is 0.218. The molecule has 3 heteroatoms. The number of hydrogen-bond acceptors (Lipinski definition) is 1. The Hall–Kier alpha value is -0.410. The fourth-order valence-electron chi connectivity index (χ4n) is 0.956. The van der Waals surface area contributed by atoms with Crippen molar-refractivity contribution < 1.29 is 8.76 Å². The summed E-state index contributed by atoms with van der Waals surface area (Å²) >= 11 is -1.77. The molecule has 0 spiro atoms. The molecular formula is C7H10O2S. The van der Waals surface area contributed by atoms with Crippen LogP contribution >= 0.6 is 0 Å². The first kappa shape index (κ1) is 7.69. The standard InChI is InChI=1S/C7H10O2S/c1-6-4-2-3-5-7(6)10(8)9/h2-3,5-6H,4H2,1H3,(H,8,9). The molecule has 0 aromatic heterocycles. The van der Waals surface area contributed by atoms with Crippen molar-refractivity contribution in [2.45, 2.75) is 13.3 Å². The normalized spacial score (nSPS) is 27.8. The zero-order chi connectivity index (χ0) is 7.56. The van der Waals surface area contributed by atoms with Gasteiger partial charge in [0.05, 0.1) is 0 Å². The van der Waals surface area contributed by atoms with Crippen LogP contribution in [0.15, 0.2) is 23.1 Å². The lowest BCUT2D eigenvalue weighted by Gasteiger charge is -2.12. The van der Waals surface area contributed by atoms with Gasteiger partial charge in [-0.1, -0.05) is 19.1 Å². The van der Waals surface area contributed by atoms with Crippen LogP contribution in [0.5, 0.6) is 0 Å². The Morgan fingerprint density at radius 1 is 1.80 bits per heavy atom. The first-order chi connectivity index (χ1) is 4.72. The first-order valence-electron chi connectivity index (χ1n) is 3.19. The molecule has 1 aliphatic carbocycles. The van der Waals surface area contributed by atoms with Crippen LogP contribution in [-0.4, -0.2) is 8.76 Å². The van der Waals surface area contributed by atoms with E-state index in [0.717, 1.165) is 6.42 Å². The van der Waals surface area contributed by atoms with Crippen molar-refractivity contribution in [1.82, 2.24) is 0 Å². The molecule has 1 aliphatic rings. The molecule has 0 saturated heterocycles. The van der Waals surface area contributed by atoms with E-state index in [2.05, 4.69) is 0 Å². The first-order valence-corrected chi connectivity index (χ1v) is 4.30. The molecule has 0 amide bonds. The second-order valence-corrected chi connectivity index (χ2v) is 3.35. The van der Waals surface area contributed by atoms with Crippen LogP contribution in [0.3, 0.4) is 0 Å². The highest BCUT2D eigenvalue weighted by Gasteiger charge is 2.13. The van der Waals surface area contributed by atoms with Gasteiger partial charge in [-0.25, -0.2) is 4.21 Å².